The van der Waals surface area contributed by atoms with Crippen LogP contribution < -0.4 is 4.90 Å². The number of hydrogen-bond acceptors (Lipinski definition) is 6. The lowest BCUT2D eigenvalue weighted by Crippen LogP contribution is -2.31. The molecule has 2 amide bonds. The van der Waals surface area contributed by atoms with E-state index in [0.717, 1.165) is 22.5 Å². The summed E-state index contributed by atoms with van der Waals surface area (Å²) in [6.45, 7) is 3.91. The van der Waals surface area contributed by atoms with Crippen LogP contribution in [0.5, 0.6) is 0 Å². The zero-order chi connectivity index (χ0) is 27.0. The second-order valence-electron chi connectivity index (χ2n) is 10.0. The largest absolute Gasteiger partial charge is 0.454 e. The fourth-order valence-corrected chi connectivity index (χ4v) is 5.18. The van der Waals surface area contributed by atoms with Crippen LogP contribution in [0, 0.1) is 0 Å². The highest BCUT2D eigenvalue weighted by atomic mass is 16.5. The van der Waals surface area contributed by atoms with Gasteiger partial charge in [0.25, 0.3) is 11.8 Å². The Labute approximate surface area is 221 Å². The van der Waals surface area contributed by atoms with Gasteiger partial charge in [0.05, 0.1) is 16.7 Å². The Kier molecular flexibility index (Phi) is 6.45. The first-order valence-corrected chi connectivity index (χ1v) is 12.5. The van der Waals surface area contributed by atoms with Gasteiger partial charge >= 0.3 is 5.97 Å². The van der Waals surface area contributed by atoms with Gasteiger partial charge in [-0.3, -0.25) is 19.3 Å². The van der Waals surface area contributed by atoms with Crippen molar-refractivity contribution in [3.8, 4) is 0 Å². The summed E-state index contributed by atoms with van der Waals surface area (Å²) in [5.41, 5.74) is 4.15. The van der Waals surface area contributed by atoms with Crippen LogP contribution in [-0.4, -0.2) is 48.7 Å². The molecular formula is C31H28N2O5. The van der Waals surface area contributed by atoms with Crippen molar-refractivity contribution in [2.24, 2.45) is 0 Å². The number of likely N-dealkylation sites (N-methyl/N-ethyl adjacent to an activating group) is 1. The lowest BCUT2D eigenvalue weighted by Gasteiger charge is -2.23. The predicted octanol–water partition coefficient (Wildman–Crippen LogP) is 4.56. The minimum absolute atomic E-state index is 0.112. The fourth-order valence-electron chi connectivity index (χ4n) is 5.18. The van der Waals surface area contributed by atoms with Crippen LogP contribution in [0.25, 0.3) is 0 Å². The Morgan fingerprint density at radius 2 is 1.58 bits per heavy atom. The maximum absolute atomic E-state index is 12.9. The molecule has 2 aliphatic heterocycles. The summed E-state index contributed by atoms with van der Waals surface area (Å²) in [4.78, 5) is 54.4. The smallest absolute Gasteiger partial charge is 0.338 e. The van der Waals surface area contributed by atoms with Gasteiger partial charge in [-0.05, 0) is 41.8 Å². The third-order valence-corrected chi connectivity index (χ3v) is 7.26. The topological polar surface area (TPSA) is 84.0 Å². The summed E-state index contributed by atoms with van der Waals surface area (Å²) in [6.07, 6.45) is 2.05. The van der Waals surface area contributed by atoms with Crippen molar-refractivity contribution in [1.82, 2.24) is 4.90 Å². The quantitative estimate of drug-likeness (QED) is 0.264. The Morgan fingerprint density at radius 3 is 2.32 bits per heavy atom. The molecule has 0 aliphatic carbocycles. The number of nitrogens with zero attached hydrogens (tertiary/aromatic N) is 2. The summed E-state index contributed by atoms with van der Waals surface area (Å²) in [5.74, 6) is -1.90. The van der Waals surface area contributed by atoms with Crippen molar-refractivity contribution in [3.05, 3.63) is 112 Å². The molecular weight excluding hydrogens is 480 g/mol. The van der Waals surface area contributed by atoms with Gasteiger partial charge in [-0.1, -0.05) is 62.4 Å². The normalized spacial score (nSPS) is 16.6. The Morgan fingerprint density at radius 1 is 0.895 bits per heavy atom. The van der Waals surface area contributed by atoms with E-state index in [2.05, 4.69) is 0 Å². The molecule has 0 saturated heterocycles. The molecule has 3 aromatic carbocycles. The summed E-state index contributed by atoms with van der Waals surface area (Å²) in [6, 6.07) is 21.8. The summed E-state index contributed by atoms with van der Waals surface area (Å²) >= 11 is 0. The van der Waals surface area contributed by atoms with E-state index < -0.39 is 18.5 Å². The number of allylic oxidation sites excluding steroid dienone is 1. The number of rotatable bonds is 7. The van der Waals surface area contributed by atoms with E-state index in [-0.39, 0.29) is 40.3 Å². The maximum atomic E-state index is 12.9. The molecule has 0 fully saturated rings. The van der Waals surface area contributed by atoms with Crippen LogP contribution in [0.4, 0.5) is 5.69 Å². The van der Waals surface area contributed by atoms with Crippen LogP contribution in [0.2, 0.25) is 0 Å². The van der Waals surface area contributed by atoms with E-state index in [4.69, 9.17) is 4.74 Å². The molecule has 3 aromatic rings. The molecule has 0 saturated carbocycles. The van der Waals surface area contributed by atoms with Gasteiger partial charge in [0.15, 0.2) is 12.4 Å². The van der Waals surface area contributed by atoms with Gasteiger partial charge in [-0.25, -0.2) is 4.79 Å². The molecule has 38 heavy (non-hydrogen) atoms. The second kappa shape index (κ2) is 9.74. The van der Waals surface area contributed by atoms with E-state index in [1.807, 2.05) is 80.4 Å². The molecule has 192 valence electrons. The van der Waals surface area contributed by atoms with Gasteiger partial charge in [0.2, 0.25) is 0 Å². The first-order valence-electron chi connectivity index (χ1n) is 12.5. The number of benzene rings is 3. The number of para-hydroxylation sites is 1. The monoisotopic (exact) mass is 508 g/mol. The number of imide groups is 1. The molecule has 0 bridgehead atoms. The average molecular weight is 509 g/mol. The summed E-state index contributed by atoms with van der Waals surface area (Å²) in [5, 5.41) is 0. The highest BCUT2D eigenvalue weighted by molar-refractivity contribution is 6.22. The first-order chi connectivity index (χ1) is 18.2. The molecule has 0 unspecified atom stereocenters. The van der Waals surface area contributed by atoms with Crippen molar-refractivity contribution in [1.29, 1.82) is 0 Å². The number of ketones is 1. The highest BCUT2D eigenvalue weighted by Crippen LogP contribution is 2.46. The number of anilines is 1. The van der Waals surface area contributed by atoms with Crippen molar-refractivity contribution in [3.63, 3.8) is 0 Å². The zero-order valence-corrected chi connectivity index (χ0v) is 21.6. The Balaban J connectivity index is 1.24. The number of hydrogen-bond donors (Lipinski definition) is 0. The van der Waals surface area contributed by atoms with Gasteiger partial charge in [0.1, 0.15) is 0 Å². The number of fused-ring (bicyclic) bond motifs is 2. The lowest BCUT2D eigenvalue weighted by atomic mass is 9.83. The molecule has 7 heteroatoms. The molecule has 0 atom stereocenters. The first kappa shape index (κ1) is 25.1. The van der Waals surface area contributed by atoms with Crippen LogP contribution in [0.3, 0.4) is 0 Å². The van der Waals surface area contributed by atoms with E-state index >= 15 is 0 Å². The van der Waals surface area contributed by atoms with Crippen molar-refractivity contribution < 1.29 is 23.9 Å². The van der Waals surface area contributed by atoms with Crippen LogP contribution in [0.15, 0.2) is 84.6 Å². The predicted molar refractivity (Wildman–Crippen MR) is 143 cm³/mol. The van der Waals surface area contributed by atoms with E-state index in [9.17, 15) is 19.2 Å². The Hall–Kier alpha value is -4.52. The molecule has 2 heterocycles. The maximum Gasteiger partial charge on any atom is 0.338 e. The fraction of sp³-hybridized carbons (Fsp3) is 0.226. The highest BCUT2D eigenvalue weighted by Gasteiger charge is 2.39. The SMILES string of the molecule is CN1/C(=C/C(=O)COC(=O)c2ccc3c(c2)C(=O)N(CCc2ccccc2)C3=O)C(C)(C)c2ccccc21. The van der Waals surface area contributed by atoms with Gasteiger partial charge in [0, 0.05) is 36.5 Å². The summed E-state index contributed by atoms with van der Waals surface area (Å²) < 4.78 is 5.27. The number of ether oxygens (including phenoxy) is 1. The molecule has 0 aromatic heterocycles. The van der Waals surface area contributed by atoms with Crippen molar-refractivity contribution in [2.45, 2.75) is 25.7 Å². The van der Waals surface area contributed by atoms with Crippen molar-refractivity contribution in [2.75, 3.05) is 25.1 Å². The molecule has 7 nitrogen and oxygen atoms in total. The lowest BCUT2D eigenvalue weighted by molar-refractivity contribution is -0.117. The standard InChI is InChI=1S/C31H28N2O5/c1-31(2)25-11-7-8-12-26(25)32(3)27(31)18-22(34)19-38-30(37)21-13-14-23-24(17-21)29(36)33(28(23)35)16-15-20-9-5-4-6-10-20/h4-14,17-18H,15-16,19H2,1-3H3/b27-18+. The van der Waals surface area contributed by atoms with Gasteiger partial charge in [-0.15, -0.1) is 0 Å². The molecule has 0 N–H and O–H groups in total. The minimum atomic E-state index is -0.732. The summed E-state index contributed by atoms with van der Waals surface area (Å²) in [7, 11) is 1.91. The van der Waals surface area contributed by atoms with Gasteiger partial charge in [-0.2, -0.15) is 0 Å². The zero-order valence-electron chi connectivity index (χ0n) is 21.6. The average Bonchev–Trinajstić information content (AvgIpc) is 3.28. The minimum Gasteiger partial charge on any atom is -0.454 e. The number of amides is 2. The third-order valence-electron chi connectivity index (χ3n) is 7.26. The van der Waals surface area contributed by atoms with Crippen molar-refractivity contribution >= 4 is 29.3 Å². The van der Waals surface area contributed by atoms with E-state index in [0.29, 0.717) is 6.42 Å². The molecule has 0 radical (unpaired) electrons. The van der Waals surface area contributed by atoms with Crippen LogP contribution in [0.1, 0.15) is 56.0 Å². The molecule has 2 aliphatic rings. The van der Waals surface area contributed by atoms with E-state index in [1.165, 1.54) is 29.2 Å². The number of carbonyl (C=O) groups excluding carboxylic acids is 4. The number of esters is 1. The molecule has 0 spiro atoms. The van der Waals surface area contributed by atoms with E-state index in [1.54, 1.807) is 0 Å². The Bertz CT molecular complexity index is 1490. The third kappa shape index (κ3) is 4.41. The second-order valence-corrected chi connectivity index (χ2v) is 10.0. The molecule has 5 rings (SSSR count). The number of carbonyl (C=O) groups is 4. The van der Waals surface area contributed by atoms with Crippen LogP contribution in [-0.2, 0) is 21.4 Å². The van der Waals surface area contributed by atoms with Crippen LogP contribution >= 0.6 is 0 Å². The van der Waals surface area contributed by atoms with Gasteiger partial charge < -0.3 is 9.64 Å².